The van der Waals surface area contributed by atoms with Crippen molar-refractivity contribution in [1.82, 2.24) is 0 Å². The third-order valence-corrected chi connectivity index (χ3v) is 14.5. The lowest BCUT2D eigenvalue weighted by Crippen LogP contribution is -2.14. The molecule has 0 amide bonds. The number of rotatable bonds is 2. The zero-order chi connectivity index (χ0) is 36.8. The fourth-order valence-corrected chi connectivity index (χ4v) is 11.8. The summed E-state index contributed by atoms with van der Waals surface area (Å²) in [6, 6.07) is 60.0. The maximum Gasteiger partial charge on any atom is 0.0433 e. The molecule has 12 rings (SSSR count). The number of benzene rings is 9. The summed E-state index contributed by atoms with van der Waals surface area (Å²) in [5, 5.41) is 10.6. The van der Waals surface area contributed by atoms with Gasteiger partial charge in [0, 0.05) is 31.0 Å². The van der Waals surface area contributed by atoms with Crippen molar-refractivity contribution in [2.24, 2.45) is 0 Å². The molecule has 1 aromatic heterocycles. The van der Waals surface area contributed by atoms with Crippen LogP contribution < -0.4 is 0 Å². The van der Waals surface area contributed by atoms with Gasteiger partial charge in [-0.3, -0.25) is 0 Å². The Balaban J connectivity index is 1.08. The van der Waals surface area contributed by atoms with Crippen molar-refractivity contribution < 1.29 is 0 Å². The first-order chi connectivity index (χ1) is 26.8. The Hall–Kier alpha value is -6.02. The topological polar surface area (TPSA) is 0 Å². The van der Waals surface area contributed by atoms with Gasteiger partial charge in [0.05, 0.1) is 0 Å². The summed E-state index contributed by atoms with van der Waals surface area (Å²) in [6.07, 6.45) is 0. The maximum atomic E-state index is 2.51. The van der Waals surface area contributed by atoms with Crippen LogP contribution in [0, 0.1) is 0 Å². The van der Waals surface area contributed by atoms with Crippen LogP contribution in [-0.2, 0) is 10.8 Å². The van der Waals surface area contributed by atoms with Gasteiger partial charge >= 0.3 is 0 Å². The van der Waals surface area contributed by atoms with E-state index in [-0.39, 0.29) is 10.8 Å². The second-order valence-electron chi connectivity index (χ2n) is 16.8. The van der Waals surface area contributed by atoms with Crippen molar-refractivity contribution in [3.05, 3.63) is 180 Å². The fourth-order valence-electron chi connectivity index (χ4n) is 10.5. The van der Waals surface area contributed by atoms with Gasteiger partial charge in [0.2, 0.25) is 0 Å². The lowest BCUT2D eigenvalue weighted by Gasteiger charge is -2.23. The molecule has 0 unspecified atom stereocenters. The molecule has 0 saturated carbocycles. The average molecular weight is 719 g/mol. The first-order valence-electron chi connectivity index (χ1n) is 19.5. The van der Waals surface area contributed by atoms with Crippen LogP contribution in [0.25, 0.3) is 97.0 Å². The molecule has 0 bridgehead atoms. The SMILES string of the molecule is CC1(C)c2ccccc2-c2ccc(-c3c4ccccc4c(-c4ccc5c(c4)-c4cc6sc7c8ccccc8ccc7c6cc4C5(C)C)c4ccccc34)cc21. The minimum atomic E-state index is -0.0997. The minimum absolute atomic E-state index is 0.0584. The number of fused-ring (bicyclic) bond motifs is 13. The highest BCUT2D eigenvalue weighted by Gasteiger charge is 2.37. The van der Waals surface area contributed by atoms with Crippen molar-refractivity contribution in [3.63, 3.8) is 0 Å². The summed E-state index contributed by atoms with van der Waals surface area (Å²) in [7, 11) is 0. The number of hydrogen-bond donors (Lipinski definition) is 0. The molecule has 0 spiro atoms. The van der Waals surface area contributed by atoms with E-state index in [1.807, 2.05) is 11.3 Å². The van der Waals surface area contributed by atoms with E-state index in [2.05, 4.69) is 185 Å². The molecule has 0 atom stereocenters. The van der Waals surface area contributed by atoms with Gasteiger partial charge in [0.15, 0.2) is 0 Å². The lowest BCUT2D eigenvalue weighted by molar-refractivity contribution is 0.660. The number of thiophene rings is 1. The van der Waals surface area contributed by atoms with Gasteiger partial charge in [-0.1, -0.05) is 161 Å². The Morgan fingerprint density at radius 2 is 0.873 bits per heavy atom. The van der Waals surface area contributed by atoms with Crippen molar-refractivity contribution in [1.29, 1.82) is 0 Å². The quantitative estimate of drug-likeness (QED) is 0.156. The molecule has 2 aliphatic rings. The molecular weight excluding hydrogens is 681 g/mol. The Kier molecular flexibility index (Phi) is 6.16. The molecule has 2 aliphatic carbocycles. The first-order valence-corrected chi connectivity index (χ1v) is 20.3. The normalized spacial score (nSPS) is 14.8. The molecule has 0 aliphatic heterocycles. The van der Waals surface area contributed by atoms with Crippen LogP contribution in [0.2, 0.25) is 0 Å². The van der Waals surface area contributed by atoms with Crippen molar-refractivity contribution in [2.45, 2.75) is 38.5 Å². The average Bonchev–Trinajstić information content (AvgIpc) is 3.78. The maximum absolute atomic E-state index is 2.51. The third kappa shape index (κ3) is 4.12. The molecule has 55 heavy (non-hydrogen) atoms. The van der Waals surface area contributed by atoms with Crippen molar-refractivity contribution in [2.75, 3.05) is 0 Å². The molecule has 0 saturated heterocycles. The molecule has 260 valence electrons. The Bertz CT molecular complexity index is 3260. The number of hydrogen-bond acceptors (Lipinski definition) is 1. The van der Waals surface area contributed by atoms with Crippen molar-refractivity contribution >= 4 is 63.8 Å². The van der Waals surface area contributed by atoms with Crippen molar-refractivity contribution in [3.8, 4) is 44.5 Å². The molecule has 9 aromatic carbocycles. The predicted molar refractivity (Wildman–Crippen MR) is 238 cm³/mol. The van der Waals surface area contributed by atoms with E-state index in [1.165, 1.54) is 119 Å². The highest BCUT2D eigenvalue weighted by molar-refractivity contribution is 7.26. The summed E-state index contributed by atoms with van der Waals surface area (Å²) in [6.45, 7) is 9.57. The summed E-state index contributed by atoms with van der Waals surface area (Å²) in [5.74, 6) is 0. The fraction of sp³-hybridized carbons (Fsp3) is 0.111. The van der Waals surface area contributed by atoms with Crippen LogP contribution in [0.15, 0.2) is 158 Å². The van der Waals surface area contributed by atoms with E-state index < -0.39 is 0 Å². The molecular formula is C54H38S. The second kappa shape index (κ2) is 10.8. The van der Waals surface area contributed by atoms with E-state index in [0.717, 1.165) is 0 Å². The largest absolute Gasteiger partial charge is 0.135 e. The Morgan fingerprint density at radius 1 is 0.345 bits per heavy atom. The Morgan fingerprint density at radius 3 is 1.58 bits per heavy atom. The molecule has 10 aromatic rings. The van der Waals surface area contributed by atoms with Crippen LogP contribution >= 0.6 is 11.3 Å². The van der Waals surface area contributed by atoms with Gasteiger partial charge in [-0.05, 0) is 123 Å². The van der Waals surface area contributed by atoms with E-state index in [4.69, 9.17) is 0 Å². The summed E-state index contributed by atoms with van der Waals surface area (Å²) >= 11 is 1.94. The van der Waals surface area contributed by atoms with Crippen LogP contribution in [0.5, 0.6) is 0 Å². The summed E-state index contributed by atoms with van der Waals surface area (Å²) in [5.41, 5.74) is 16.1. The van der Waals surface area contributed by atoms with E-state index >= 15 is 0 Å². The summed E-state index contributed by atoms with van der Waals surface area (Å²) in [4.78, 5) is 0. The summed E-state index contributed by atoms with van der Waals surface area (Å²) < 4.78 is 2.75. The van der Waals surface area contributed by atoms with Crippen LogP contribution in [-0.4, -0.2) is 0 Å². The van der Waals surface area contributed by atoms with Gasteiger partial charge in [0.1, 0.15) is 0 Å². The highest BCUT2D eigenvalue weighted by atomic mass is 32.1. The molecule has 0 nitrogen and oxygen atoms in total. The van der Waals surface area contributed by atoms with Crippen LogP contribution in [0.4, 0.5) is 0 Å². The van der Waals surface area contributed by atoms with Gasteiger partial charge < -0.3 is 0 Å². The van der Waals surface area contributed by atoms with Gasteiger partial charge in [-0.25, -0.2) is 0 Å². The lowest BCUT2D eigenvalue weighted by atomic mass is 9.80. The molecule has 1 heteroatoms. The third-order valence-electron chi connectivity index (χ3n) is 13.3. The van der Waals surface area contributed by atoms with Crippen LogP contribution in [0.1, 0.15) is 49.9 Å². The molecule has 0 radical (unpaired) electrons. The predicted octanol–water partition coefficient (Wildman–Crippen LogP) is 15.5. The monoisotopic (exact) mass is 718 g/mol. The minimum Gasteiger partial charge on any atom is -0.135 e. The highest BCUT2D eigenvalue weighted by Crippen LogP contribution is 2.55. The smallest absolute Gasteiger partial charge is 0.0433 e. The van der Waals surface area contributed by atoms with E-state index in [0.29, 0.717) is 0 Å². The molecule has 0 N–H and O–H groups in total. The molecule has 0 fully saturated rings. The zero-order valence-electron chi connectivity index (χ0n) is 31.4. The molecule has 1 heterocycles. The Labute approximate surface area is 325 Å². The second-order valence-corrected chi connectivity index (χ2v) is 17.9. The standard InChI is InChI=1S/C54H38S/c1-53(2)45-20-12-11-15-35(45)36-24-22-33(28-47(36)53)51-39-18-9-7-16-37(39)50(38-17-8-10-19-40(38)51)32-23-26-46-42(27-32)43-30-49-44(29-48(43)54(46,3)4)41-25-21-31-13-5-6-14-34(31)52(41)55-49/h5-30H,1-4H3. The van der Waals surface area contributed by atoms with Gasteiger partial charge in [-0.2, -0.15) is 0 Å². The van der Waals surface area contributed by atoms with Gasteiger partial charge in [0.25, 0.3) is 0 Å². The van der Waals surface area contributed by atoms with E-state index in [9.17, 15) is 0 Å². The zero-order valence-corrected chi connectivity index (χ0v) is 32.2. The van der Waals surface area contributed by atoms with Crippen LogP contribution in [0.3, 0.4) is 0 Å². The van der Waals surface area contributed by atoms with E-state index in [1.54, 1.807) is 0 Å². The van der Waals surface area contributed by atoms with Gasteiger partial charge in [-0.15, -0.1) is 11.3 Å². The first kappa shape index (κ1) is 31.3.